The molecule has 0 aliphatic heterocycles. The van der Waals surface area contributed by atoms with Gasteiger partial charge in [-0.25, -0.2) is 0 Å². The summed E-state index contributed by atoms with van der Waals surface area (Å²) in [6.45, 7) is 1.27. The highest BCUT2D eigenvalue weighted by atomic mass is 19.4. The van der Waals surface area contributed by atoms with Crippen LogP contribution in [0.4, 0.5) is 18.9 Å². The number of rotatable bonds is 7. The van der Waals surface area contributed by atoms with Crippen LogP contribution in [0.15, 0.2) is 84.9 Å². The molecule has 3 aromatic rings. The van der Waals surface area contributed by atoms with Gasteiger partial charge in [0.2, 0.25) is 5.91 Å². The van der Waals surface area contributed by atoms with Crippen LogP contribution >= 0.6 is 0 Å². The zero-order chi connectivity index (χ0) is 20.7. The van der Waals surface area contributed by atoms with Crippen molar-refractivity contribution in [3.8, 4) is 0 Å². The van der Waals surface area contributed by atoms with Crippen molar-refractivity contribution in [3.05, 3.63) is 102 Å². The summed E-state index contributed by atoms with van der Waals surface area (Å²) in [7, 11) is 0. The molecular formula is C23H21F3N2O. The minimum Gasteiger partial charge on any atom is -0.325 e. The third-order valence-corrected chi connectivity index (χ3v) is 4.36. The SMILES string of the molecule is O=C(CN(Cc1ccccc1)Cc1ccccc1)Nc1ccc(C(F)(F)F)cc1. The number of anilines is 1. The van der Waals surface area contributed by atoms with Gasteiger partial charge in [-0.15, -0.1) is 0 Å². The van der Waals surface area contributed by atoms with Crippen molar-refractivity contribution in [2.45, 2.75) is 19.3 Å². The van der Waals surface area contributed by atoms with Crippen LogP contribution in [0.1, 0.15) is 16.7 Å². The molecule has 0 aromatic heterocycles. The van der Waals surface area contributed by atoms with Gasteiger partial charge in [-0.3, -0.25) is 9.69 Å². The molecule has 3 rings (SSSR count). The summed E-state index contributed by atoms with van der Waals surface area (Å²) in [5, 5.41) is 2.67. The summed E-state index contributed by atoms with van der Waals surface area (Å²) in [5.41, 5.74) is 1.74. The summed E-state index contributed by atoms with van der Waals surface area (Å²) in [5.74, 6) is -0.281. The van der Waals surface area contributed by atoms with E-state index in [1.54, 1.807) is 0 Å². The van der Waals surface area contributed by atoms with Crippen LogP contribution in [-0.4, -0.2) is 17.4 Å². The van der Waals surface area contributed by atoms with Gasteiger partial charge in [0.1, 0.15) is 0 Å². The Morgan fingerprint density at radius 2 is 1.24 bits per heavy atom. The number of amides is 1. The number of alkyl halides is 3. The van der Waals surface area contributed by atoms with Crippen molar-refractivity contribution >= 4 is 11.6 Å². The van der Waals surface area contributed by atoms with Gasteiger partial charge in [-0.1, -0.05) is 60.7 Å². The minimum absolute atomic E-state index is 0.116. The molecule has 0 bridgehead atoms. The number of benzene rings is 3. The molecule has 29 heavy (non-hydrogen) atoms. The molecule has 0 fully saturated rings. The number of hydrogen-bond donors (Lipinski definition) is 1. The summed E-state index contributed by atoms with van der Waals surface area (Å²) < 4.78 is 38.0. The molecule has 0 radical (unpaired) electrons. The van der Waals surface area contributed by atoms with Gasteiger partial charge in [0.25, 0.3) is 0 Å². The zero-order valence-electron chi connectivity index (χ0n) is 15.7. The van der Waals surface area contributed by atoms with E-state index in [4.69, 9.17) is 0 Å². The minimum atomic E-state index is -4.40. The summed E-state index contributed by atoms with van der Waals surface area (Å²) in [6, 6.07) is 24.1. The van der Waals surface area contributed by atoms with E-state index >= 15 is 0 Å². The van der Waals surface area contributed by atoms with E-state index in [2.05, 4.69) is 5.32 Å². The number of carbonyl (C=O) groups is 1. The lowest BCUT2D eigenvalue weighted by atomic mass is 10.1. The Balaban J connectivity index is 1.66. The van der Waals surface area contributed by atoms with Crippen molar-refractivity contribution < 1.29 is 18.0 Å². The predicted octanol–water partition coefficient (Wildman–Crippen LogP) is 5.35. The van der Waals surface area contributed by atoms with Gasteiger partial charge in [0.05, 0.1) is 12.1 Å². The monoisotopic (exact) mass is 398 g/mol. The molecule has 0 saturated heterocycles. The Morgan fingerprint density at radius 1 is 0.759 bits per heavy atom. The van der Waals surface area contributed by atoms with Gasteiger partial charge in [0.15, 0.2) is 0 Å². The Morgan fingerprint density at radius 3 is 1.69 bits per heavy atom. The van der Waals surface area contributed by atoms with Gasteiger partial charge >= 0.3 is 6.18 Å². The number of nitrogens with zero attached hydrogens (tertiary/aromatic N) is 1. The maximum absolute atomic E-state index is 12.7. The van der Waals surface area contributed by atoms with Crippen LogP contribution in [0.2, 0.25) is 0 Å². The highest BCUT2D eigenvalue weighted by molar-refractivity contribution is 5.92. The molecule has 0 aliphatic rings. The molecule has 0 unspecified atom stereocenters. The molecule has 150 valence electrons. The Kier molecular flexibility index (Phi) is 6.67. The fourth-order valence-electron chi connectivity index (χ4n) is 3.00. The molecular weight excluding hydrogens is 377 g/mol. The molecule has 0 spiro atoms. The topological polar surface area (TPSA) is 32.3 Å². The van der Waals surface area contributed by atoms with E-state index < -0.39 is 11.7 Å². The molecule has 6 heteroatoms. The highest BCUT2D eigenvalue weighted by Crippen LogP contribution is 2.29. The molecule has 0 atom stereocenters. The van der Waals surface area contributed by atoms with Crippen molar-refractivity contribution in [1.82, 2.24) is 4.90 Å². The largest absolute Gasteiger partial charge is 0.416 e. The van der Waals surface area contributed by atoms with E-state index in [1.807, 2.05) is 65.6 Å². The normalized spacial score (nSPS) is 11.4. The number of halogens is 3. The van der Waals surface area contributed by atoms with Gasteiger partial charge < -0.3 is 5.32 Å². The quantitative estimate of drug-likeness (QED) is 0.582. The average molecular weight is 398 g/mol. The van der Waals surface area contributed by atoms with Crippen LogP contribution in [0.3, 0.4) is 0 Å². The standard InChI is InChI=1S/C23H21F3N2O/c24-23(25,26)20-11-13-21(14-12-20)27-22(29)17-28(15-18-7-3-1-4-8-18)16-19-9-5-2-6-10-19/h1-14H,15-17H2,(H,27,29). The predicted molar refractivity (Wildman–Crippen MR) is 107 cm³/mol. The highest BCUT2D eigenvalue weighted by Gasteiger charge is 2.30. The first-order valence-corrected chi connectivity index (χ1v) is 9.17. The first-order chi connectivity index (χ1) is 13.9. The lowest BCUT2D eigenvalue weighted by molar-refractivity contribution is -0.137. The van der Waals surface area contributed by atoms with Crippen molar-refractivity contribution in [2.24, 2.45) is 0 Å². The van der Waals surface area contributed by atoms with E-state index in [9.17, 15) is 18.0 Å². The van der Waals surface area contributed by atoms with Crippen molar-refractivity contribution in [1.29, 1.82) is 0 Å². The Labute approximate surface area is 167 Å². The van der Waals surface area contributed by atoms with Crippen LogP contribution in [0, 0.1) is 0 Å². The first-order valence-electron chi connectivity index (χ1n) is 9.17. The van der Waals surface area contributed by atoms with Crippen LogP contribution in [0.25, 0.3) is 0 Å². The maximum Gasteiger partial charge on any atom is 0.416 e. The van der Waals surface area contributed by atoms with Crippen molar-refractivity contribution in [3.63, 3.8) is 0 Å². The first kappa shape index (κ1) is 20.6. The van der Waals surface area contributed by atoms with Gasteiger partial charge in [-0.2, -0.15) is 13.2 Å². The zero-order valence-corrected chi connectivity index (χ0v) is 15.7. The lowest BCUT2D eigenvalue weighted by Crippen LogP contribution is -2.32. The fourth-order valence-corrected chi connectivity index (χ4v) is 3.00. The van der Waals surface area contributed by atoms with E-state index in [-0.39, 0.29) is 12.5 Å². The Hall–Kier alpha value is -3.12. The molecule has 3 nitrogen and oxygen atoms in total. The van der Waals surface area contributed by atoms with Gasteiger partial charge in [-0.05, 0) is 35.4 Å². The molecule has 1 amide bonds. The summed E-state index contributed by atoms with van der Waals surface area (Å²) in [4.78, 5) is 14.5. The second-order valence-electron chi connectivity index (χ2n) is 6.74. The van der Waals surface area contributed by atoms with Crippen LogP contribution in [-0.2, 0) is 24.1 Å². The number of nitrogens with one attached hydrogen (secondary N) is 1. The second-order valence-corrected chi connectivity index (χ2v) is 6.74. The molecule has 0 heterocycles. The maximum atomic E-state index is 12.7. The average Bonchev–Trinajstić information content (AvgIpc) is 2.69. The van der Waals surface area contributed by atoms with E-state index in [0.29, 0.717) is 18.8 Å². The van der Waals surface area contributed by atoms with E-state index in [1.165, 1.54) is 12.1 Å². The molecule has 0 aliphatic carbocycles. The van der Waals surface area contributed by atoms with Crippen LogP contribution < -0.4 is 5.32 Å². The Bertz CT molecular complexity index is 869. The summed E-state index contributed by atoms with van der Waals surface area (Å²) in [6.07, 6.45) is -4.40. The molecule has 0 saturated carbocycles. The molecule has 1 N–H and O–H groups in total. The second kappa shape index (κ2) is 9.39. The summed E-state index contributed by atoms with van der Waals surface area (Å²) >= 11 is 0. The van der Waals surface area contributed by atoms with Crippen LogP contribution in [0.5, 0.6) is 0 Å². The smallest absolute Gasteiger partial charge is 0.325 e. The number of carbonyl (C=O) groups excluding carboxylic acids is 1. The van der Waals surface area contributed by atoms with Gasteiger partial charge in [0, 0.05) is 18.8 Å². The lowest BCUT2D eigenvalue weighted by Gasteiger charge is -2.22. The fraction of sp³-hybridized carbons (Fsp3) is 0.174. The third kappa shape index (κ3) is 6.47. The number of hydrogen-bond acceptors (Lipinski definition) is 2. The van der Waals surface area contributed by atoms with Crippen molar-refractivity contribution in [2.75, 3.05) is 11.9 Å². The van der Waals surface area contributed by atoms with E-state index in [0.717, 1.165) is 23.3 Å². The third-order valence-electron chi connectivity index (χ3n) is 4.36. The molecule has 3 aromatic carbocycles.